The maximum absolute atomic E-state index is 12.5. The number of amides is 1. The number of hydrogen-bond donors (Lipinski definition) is 3. The van der Waals surface area contributed by atoms with E-state index in [0.29, 0.717) is 25.9 Å². The zero-order valence-electron chi connectivity index (χ0n) is 54.9. The molecule has 478 valence electrons. The monoisotopic (exact) mass is 1130 g/mol. The van der Waals surface area contributed by atoms with Gasteiger partial charge in [0, 0.05) is 12.8 Å². The summed E-state index contributed by atoms with van der Waals surface area (Å²) in [6.45, 7) is 5.00. The maximum atomic E-state index is 12.5. The Kier molecular flexibility index (Phi) is 69.3. The smallest absolute Gasteiger partial charge is 0.305 e. The van der Waals surface area contributed by atoms with E-state index in [1.165, 1.54) is 366 Å². The van der Waals surface area contributed by atoms with Crippen molar-refractivity contribution in [1.29, 1.82) is 0 Å². The van der Waals surface area contributed by atoms with Crippen LogP contribution in [0.25, 0.3) is 0 Å². The molecule has 0 aromatic heterocycles. The number of unbranched alkanes of at least 4 members (excludes halogenated alkanes) is 60. The molecule has 0 bridgehead atoms. The van der Waals surface area contributed by atoms with E-state index in [9.17, 15) is 19.8 Å². The molecule has 2 unspecified atom stereocenters. The largest absolute Gasteiger partial charge is 0.466 e. The normalized spacial score (nSPS) is 12.4. The summed E-state index contributed by atoms with van der Waals surface area (Å²) in [6, 6.07) is -0.535. The lowest BCUT2D eigenvalue weighted by Crippen LogP contribution is -2.45. The van der Waals surface area contributed by atoms with E-state index in [4.69, 9.17) is 4.74 Å². The maximum Gasteiger partial charge on any atom is 0.305 e. The summed E-state index contributed by atoms with van der Waals surface area (Å²) >= 11 is 0. The lowest BCUT2D eigenvalue weighted by atomic mass is 10.0. The van der Waals surface area contributed by atoms with Crippen molar-refractivity contribution in [3.05, 3.63) is 0 Å². The second kappa shape index (κ2) is 70.3. The first-order chi connectivity index (χ1) is 39.5. The SMILES string of the molecule is CCCCCCCCCCCCCCCC(=O)OCCCCCCCCCCCCCCCCCCCCCCCCCCCCCCCCCCCCCCCC(=O)NC(CO)C(O)CCCCCCCCCCCCCCC. The van der Waals surface area contributed by atoms with Gasteiger partial charge in [-0.1, -0.05) is 399 Å². The Labute approximate surface area is 502 Å². The summed E-state index contributed by atoms with van der Waals surface area (Å²) < 4.78 is 5.50. The second-order valence-corrected chi connectivity index (χ2v) is 26.0. The van der Waals surface area contributed by atoms with Gasteiger partial charge in [-0.25, -0.2) is 0 Å². The van der Waals surface area contributed by atoms with Crippen LogP contribution in [-0.4, -0.2) is 47.4 Å². The third-order valence-corrected chi connectivity index (χ3v) is 17.9. The molecular formula is C74H147NO5. The van der Waals surface area contributed by atoms with Crippen molar-refractivity contribution in [2.24, 2.45) is 0 Å². The van der Waals surface area contributed by atoms with E-state index in [2.05, 4.69) is 19.2 Å². The van der Waals surface area contributed by atoms with Gasteiger partial charge in [0.1, 0.15) is 0 Å². The van der Waals surface area contributed by atoms with Crippen LogP contribution in [0.1, 0.15) is 438 Å². The molecule has 0 spiro atoms. The average Bonchev–Trinajstić information content (AvgIpc) is 3.46. The predicted molar refractivity (Wildman–Crippen MR) is 352 cm³/mol. The Bertz CT molecular complexity index is 1160. The minimum Gasteiger partial charge on any atom is -0.466 e. The van der Waals surface area contributed by atoms with Crippen molar-refractivity contribution in [2.45, 2.75) is 450 Å². The van der Waals surface area contributed by atoms with E-state index in [0.717, 1.165) is 38.5 Å². The first kappa shape index (κ1) is 78.9. The van der Waals surface area contributed by atoms with Gasteiger partial charge in [-0.05, 0) is 25.7 Å². The molecule has 0 heterocycles. The fourth-order valence-electron chi connectivity index (χ4n) is 12.2. The van der Waals surface area contributed by atoms with Crippen LogP contribution in [0.5, 0.6) is 0 Å². The molecule has 3 N–H and O–H groups in total. The Morgan fingerprint density at radius 3 is 0.762 bits per heavy atom. The van der Waals surface area contributed by atoms with Gasteiger partial charge < -0.3 is 20.3 Å². The van der Waals surface area contributed by atoms with Crippen LogP contribution in [-0.2, 0) is 14.3 Å². The van der Waals surface area contributed by atoms with Gasteiger partial charge in [-0.2, -0.15) is 0 Å². The lowest BCUT2D eigenvalue weighted by molar-refractivity contribution is -0.143. The van der Waals surface area contributed by atoms with Gasteiger partial charge in [0.2, 0.25) is 5.91 Å². The van der Waals surface area contributed by atoms with Crippen LogP contribution in [0.3, 0.4) is 0 Å². The number of ether oxygens (including phenoxy) is 1. The number of aliphatic hydroxyl groups is 2. The van der Waals surface area contributed by atoms with Crippen molar-refractivity contribution in [3.8, 4) is 0 Å². The van der Waals surface area contributed by atoms with E-state index < -0.39 is 12.1 Å². The molecule has 0 aliphatic rings. The molecule has 2 atom stereocenters. The topological polar surface area (TPSA) is 95.9 Å². The fourth-order valence-corrected chi connectivity index (χ4v) is 12.2. The number of hydrogen-bond acceptors (Lipinski definition) is 5. The molecule has 1 amide bonds. The molecule has 80 heavy (non-hydrogen) atoms. The first-order valence-electron chi connectivity index (χ1n) is 37.3. The van der Waals surface area contributed by atoms with E-state index in [-0.39, 0.29) is 18.5 Å². The van der Waals surface area contributed by atoms with Crippen molar-refractivity contribution < 1.29 is 24.5 Å². The highest BCUT2D eigenvalue weighted by atomic mass is 16.5. The average molecular weight is 1130 g/mol. The van der Waals surface area contributed by atoms with Crippen molar-refractivity contribution in [1.82, 2.24) is 5.32 Å². The Morgan fingerprint density at radius 1 is 0.300 bits per heavy atom. The van der Waals surface area contributed by atoms with Gasteiger partial charge in [0.05, 0.1) is 25.4 Å². The van der Waals surface area contributed by atoms with Crippen LogP contribution in [0.15, 0.2) is 0 Å². The van der Waals surface area contributed by atoms with E-state index in [1.807, 2.05) is 0 Å². The summed E-state index contributed by atoms with van der Waals surface area (Å²) in [6.07, 6.45) is 86.2. The van der Waals surface area contributed by atoms with Crippen LogP contribution in [0.4, 0.5) is 0 Å². The lowest BCUT2D eigenvalue weighted by Gasteiger charge is -2.22. The highest BCUT2D eigenvalue weighted by Crippen LogP contribution is 2.20. The summed E-state index contributed by atoms with van der Waals surface area (Å²) in [5.41, 5.74) is 0. The molecule has 0 radical (unpaired) electrons. The van der Waals surface area contributed by atoms with Crippen LogP contribution in [0, 0.1) is 0 Å². The fraction of sp³-hybridized carbons (Fsp3) is 0.973. The molecule has 0 aromatic rings. The summed E-state index contributed by atoms with van der Waals surface area (Å²) in [7, 11) is 0. The molecule has 6 heteroatoms. The Hall–Kier alpha value is -1.14. The third kappa shape index (κ3) is 66.0. The summed E-state index contributed by atoms with van der Waals surface area (Å²) in [5, 5.41) is 23.3. The standard InChI is InChI=1S/C74H147NO5/c1-3-5-7-9-11-13-15-42-46-50-54-58-62-66-72(77)71(70-76)75-73(78)67-63-59-55-51-47-44-40-38-36-34-32-30-28-26-24-22-20-18-17-19-21-23-25-27-29-31-33-35-37-39-41-45-49-53-57-61-65-69-80-74(79)68-64-60-56-52-48-43-16-14-12-10-8-6-4-2/h71-72,76-77H,3-70H2,1-2H3,(H,75,78). The van der Waals surface area contributed by atoms with Gasteiger partial charge in [0.25, 0.3) is 0 Å². The highest BCUT2D eigenvalue weighted by Gasteiger charge is 2.20. The van der Waals surface area contributed by atoms with Crippen molar-refractivity contribution in [3.63, 3.8) is 0 Å². The minimum absolute atomic E-state index is 0.0260. The zero-order valence-corrected chi connectivity index (χ0v) is 54.9. The number of rotatable bonds is 71. The minimum atomic E-state index is -0.658. The predicted octanol–water partition coefficient (Wildman–Crippen LogP) is 24.2. The third-order valence-electron chi connectivity index (χ3n) is 17.9. The quantitative estimate of drug-likeness (QED) is 0.0417. The molecule has 0 saturated heterocycles. The number of nitrogens with one attached hydrogen (secondary N) is 1. The van der Waals surface area contributed by atoms with Crippen molar-refractivity contribution in [2.75, 3.05) is 13.2 Å². The zero-order chi connectivity index (χ0) is 57.8. The van der Waals surface area contributed by atoms with Gasteiger partial charge in [-0.15, -0.1) is 0 Å². The number of carbonyl (C=O) groups is 2. The highest BCUT2D eigenvalue weighted by molar-refractivity contribution is 5.76. The second-order valence-electron chi connectivity index (χ2n) is 26.0. The number of esters is 1. The van der Waals surface area contributed by atoms with Gasteiger partial charge in [-0.3, -0.25) is 9.59 Å². The molecular weight excluding hydrogens is 983 g/mol. The summed E-state index contributed by atoms with van der Waals surface area (Å²) in [4.78, 5) is 24.5. The van der Waals surface area contributed by atoms with Gasteiger partial charge >= 0.3 is 5.97 Å². The van der Waals surface area contributed by atoms with E-state index >= 15 is 0 Å². The summed E-state index contributed by atoms with van der Waals surface area (Å²) in [5.74, 6) is -0.000153. The molecule has 0 fully saturated rings. The molecule has 0 aliphatic carbocycles. The molecule has 0 saturated carbocycles. The Morgan fingerprint density at radius 2 is 0.512 bits per heavy atom. The molecule has 0 aliphatic heterocycles. The van der Waals surface area contributed by atoms with Crippen LogP contribution >= 0.6 is 0 Å². The van der Waals surface area contributed by atoms with Crippen molar-refractivity contribution >= 4 is 11.9 Å². The van der Waals surface area contributed by atoms with Gasteiger partial charge in [0.15, 0.2) is 0 Å². The first-order valence-corrected chi connectivity index (χ1v) is 37.3. The van der Waals surface area contributed by atoms with Crippen LogP contribution < -0.4 is 5.32 Å². The molecule has 0 rings (SSSR count). The Balaban J connectivity index is 3.27. The number of aliphatic hydroxyl groups excluding tert-OH is 2. The molecule has 0 aromatic carbocycles. The molecule has 6 nitrogen and oxygen atoms in total. The number of carbonyl (C=O) groups excluding carboxylic acids is 2. The van der Waals surface area contributed by atoms with Crippen LogP contribution in [0.2, 0.25) is 0 Å². The van der Waals surface area contributed by atoms with E-state index in [1.54, 1.807) is 0 Å².